The second kappa shape index (κ2) is 2.67. The maximum atomic E-state index is 4.30. The fourth-order valence-electron chi connectivity index (χ4n) is 1.94. The van der Waals surface area contributed by atoms with Crippen molar-refractivity contribution in [3.05, 3.63) is 5.82 Å². The summed E-state index contributed by atoms with van der Waals surface area (Å²) in [6, 6.07) is 0.708. The Kier molecular flexibility index (Phi) is 1.59. The zero-order valence-corrected chi connectivity index (χ0v) is 8.47. The van der Waals surface area contributed by atoms with Crippen molar-refractivity contribution in [3.63, 3.8) is 0 Å². The van der Waals surface area contributed by atoms with Gasteiger partial charge in [-0.2, -0.15) is 4.37 Å². The van der Waals surface area contributed by atoms with Crippen LogP contribution < -0.4 is 5.32 Å². The number of aryl methyl sites for hydroxylation is 1. The molecule has 0 aromatic carbocycles. The molecule has 1 aromatic rings. The van der Waals surface area contributed by atoms with E-state index in [-0.39, 0.29) is 0 Å². The summed E-state index contributed by atoms with van der Waals surface area (Å²) in [5.74, 6) is 2.87. The minimum Gasteiger partial charge on any atom is -0.357 e. The van der Waals surface area contributed by atoms with E-state index < -0.39 is 0 Å². The van der Waals surface area contributed by atoms with Crippen molar-refractivity contribution in [1.82, 2.24) is 9.36 Å². The van der Waals surface area contributed by atoms with Gasteiger partial charge in [0.05, 0.1) is 0 Å². The lowest BCUT2D eigenvalue weighted by Gasteiger charge is -1.98. The van der Waals surface area contributed by atoms with Crippen LogP contribution in [0.1, 0.15) is 25.1 Å². The Hall–Kier alpha value is -0.640. The van der Waals surface area contributed by atoms with Gasteiger partial charge in [-0.25, -0.2) is 4.98 Å². The van der Waals surface area contributed by atoms with Gasteiger partial charge >= 0.3 is 0 Å². The van der Waals surface area contributed by atoms with Crippen molar-refractivity contribution < 1.29 is 0 Å². The first kappa shape index (κ1) is 7.74. The topological polar surface area (TPSA) is 37.8 Å². The van der Waals surface area contributed by atoms with Gasteiger partial charge in [0.1, 0.15) is 5.82 Å². The molecule has 0 saturated heterocycles. The molecule has 70 valence electrons. The Balaban J connectivity index is 1.58. The minimum absolute atomic E-state index is 0.708. The van der Waals surface area contributed by atoms with Crippen molar-refractivity contribution in [2.45, 2.75) is 32.2 Å². The molecule has 0 spiro atoms. The van der Waals surface area contributed by atoms with Gasteiger partial charge in [-0.1, -0.05) is 0 Å². The van der Waals surface area contributed by atoms with Crippen LogP contribution in [0.25, 0.3) is 0 Å². The van der Waals surface area contributed by atoms with Crippen LogP contribution in [0.2, 0.25) is 0 Å². The molecule has 3 rings (SSSR count). The highest BCUT2D eigenvalue weighted by molar-refractivity contribution is 7.09. The second-order valence-electron chi connectivity index (χ2n) is 4.13. The van der Waals surface area contributed by atoms with Gasteiger partial charge < -0.3 is 5.32 Å². The molecule has 0 aliphatic heterocycles. The van der Waals surface area contributed by atoms with Crippen LogP contribution in [0.4, 0.5) is 5.13 Å². The number of rotatable bonds is 3. The number of nitrogens with one attached hydrogen (secondary N) is 1. The molecule has 2 saturated carbocycles. The second-order valence-corrected chi connectivity index (χ2v) is 4.89. The van der Waals surface area contributed by atoms with Crippen LogP contribution >= 0.6 is 11.5 Å². The molecule has 1 N–H and O–H groups in total. The Morgan fingerprint density at radius 3 is 2.92 bits per heavy atom. The van der Waals surface area contributed by atoms with E-state index in [1.54, 1.807) is 0 Å². The van der Waals surface area contributed by atoms with Gasteiger partial charge in [-0.05, 0) is 38.0 Å². The highest BCUT2D eigenvalue weighted by Crippen LogP contribution is 2.51. The van der Waals surface area contributed by atoms with Crippen LogP contribution in [0.5, 0.6) is 0 Å². The molecule has 0 radical (unpaired) electrons. The van der Waals surface area contributed by atoms with Gasteiger partial charge in [0.15, 0.2) is 0 Å². The van der Waals surface area contributed by atoms with E-state index in [9.17, 15) is 0 Å². The average molecular weight is 195 g/mol. The first-order chi connectivity index (χ1) is 6.33. The zero-order chi connectivity index (χ0) is 8.84. The van der Waals surface area contributed by atoms with E-state index in [2.05, 4.69) is 14.7 Å². The van der Waals surface area contributed by atoms with Crippen LogP contribution in [0, 0.1) is 18.8 Å². The summed E-state index contributed by atoms with van der Waals surface area (Å²) < 4.78 is 4.15. The molecule has 2 atom stereocenters. The smallest absolute Gasteiger partial charge is 0.202 e. The first-order valence-corrected chi connectivity index (χ1v) is 5.67. The third-order valence-electron chi connectivity index (χ3n) is 2.90. The van der Waals surface area contributed by atoms with Crippen LogP contribution in [0.15, 0.2) is 0 Å². The van der Waals surface area contributed by atoms with E-state index in [0.717, 1.165) is 22.8 Å². The van der Waals surface area contributed by atoms with Crippen LogP contribution in [0.3, 0.4) is 0 Å². The lowest BCUT2D eigenvalue weighted by molar-refractivity contribution is 0.697. The number of hydrogen-bond donors (Lipinski definition) is 1. The monoisotopic (exact) mass is 195 g/mol. The van der Waals surface area contributed by atoms with Crippen molar-refractivity contribution in [2.75, 3.05) is 5.32 Å². The van der Waals surface area contributed by atoms with Gasteiger partial charge in [-0.3, -0.25) is 0 Å². The van der Waals surface area contributed by atoms with Crippen molar-refractivity contribution in [2.24, 2.45) is 11.8 Å². The molecule has 2 aliphatic rings. The summed E-state index contributed by atoms with van der Waals surface area (Å²) in [5, 5.41) is 4.46. The molecule has 13 heavy (non-hydrogen) atoms. The number of nitrogens with zero attached hydrogens (tertiary/aromatic N) is 2. The van der Waals surface area contributed by atoms with Gasteiger partial charge in [0.25, 0.3) is 0 Å². The molecular formula is C9H13N3S. The maximum Gasteiger partial charge on any atom is 0.202 e. The largest absolute Gasteiger partial charge is 0.357 e. The van der Waals surface area contributed by atoms with Gasteiger partial charge in [-0.15, -0.1) is 0 Å². The molecule has 2 aliphatic carbocycles. The van der Waals surface area contributed by atoms with E-state index in [1.807, 2.05) is 6.92 Å². The number of hydrogen-bond acceptors (Lipinski definition) is 4. The number of aromatic nitrogens is 2. The van der Waals surface area contributed by atoms with E-state index in [0.29, 0.717) is 6.04 Å². The highest BCUT2D eigenvalue weighted by atomic mass is 32.1. The molecule has 0 unspecified atom stereocenters. The standard InChI is InChI=1S/C9H13N3S/c1-5-10-9(13-12-5)11-8-4-7(8)6-2-3-6/h6-8H,2-4H2,1H3,(H,10,11,12)/t7-,8+/m0/s1. The molecule has 2 fully saturated rings. The highest BCUT2D eigenvalue weighted by Gasteiger charge is 2.47. The summed E-state index contributed by atoms with van der Waals surface area (Å²) in [6.45, 7) is 1.94. The van der Waals surface area contributed by atoms with E-state index in [1.165, 1.54) is 30.8 Å². The maximum absolute atomic E-state index is 4.30. The molecule has 0 amide bonds. The number of anilines is 1. The Morgan fingerprint density at radius 1 is 1.46 bits per heavy atom. The lowest BCUT2D eigenvalue weighted by atomic mass is 10.3. The summed E-state index contributed by atoms with van der Waals surface area (Å²) in [5.41, 5.74) is 0. The predicted molar refractivity (Wildman–Crippen MR) is 52.9 cm³/mol. The summed E-state index contributed by atoms with van der Waals surface area (Å²) in [7, 11) is 0. The Labute approximate surface area is 81.7 Å². The van der Waals surface area contributed by atoms with Gasteiger partial charge in [0, 0.05) is 17.6 Å². The Bertz CT molecular complexity index is 318. The molecule has 0 bridgehead atoms. The predicted octanol–water partition coefficient (Wildman–Crippen LogP) is 2.06. The van der Waals surface area contributed by atoms with E-state index >= 15 is 0 Å². The van der Waals surface area contributed by atoms with Crippen LogP contribution in [-0.4, -0.2) is 15.4 Å². The zero-order valence-electron chi connectivity index (χ0n) is 7.66. The van der Waals surface area contributed by atoms with E-state index in [4.69, 9.17) is 0 Å². The summed E-state index contributed by atoms with van der Waals surface area (Å²) >= 11 is 1.48. The molecular weight excluding hydrogens is 182 g/mol. The fraction of sp³-hybridized carbons (Fsp3) is 0.778. The molecule has 1 heterocycles. The lowest BCUT2D eigenvalue weighted by Crippen LogP contribution is -2.04. The summed E-state index contributed by atoms with van der Waals surface area (Å²) in [4.78, 5) is 4.30. The van der Waals surface area contributed by atoms with Crippen molar-refractivity contribution in [1.29, 1.82) is 0 Å². The average Bonchev–Trinajstić information content (AvgIpc) is 2.92. The van der Waals surface area contributed by atoms with Crippen molar-refractivity contribution in [3.8, 4) is 0 Å². The Morgan fingerprint density at radius 2 is 2.31 bits per heavy atom. The quantitative estimate of drug-likeness (QED) is 0.802. The normalized spacial score (nSPS) is 31.8. The fourth-order valence-corrected chi connectivity index (χ4v) is 2.58. The minimum atomic E-state index is 0.708. The van der Waals surface area contributed by atoms with Crippen molar-refractivity contribution >= 4 is 16.7 Å². The van der Waals surface area contributed by atoms with Crippen LogP contribution in [-0.2, 0) is 0 Å². The third-order valence-corrected chi connectivity index (χ3v) is 3.64. The third kappa shape index (κ3) is 1.55. The molecule has 4 heteroatoms. The molecule has 3 nitrogen and oxygen atoms in total. The van der Waals surface area contributed by atoms with Gasteiger partial charge in [0.2, 0.25) is 5.13 Å². The SMILES string of the molecule is Cc1nsc(N[C@@H]2C[C@H]2C2CC2)n1. The first-order valence-electron chi connectivity index (χ1n) is 4.90. The molecule has 1 aromatic heterocycles. The summed E-state index contributed by atoms with van der Waals surface area (Å²) in [6.07, 6.45) is 4.26.